The molecule has 1 aromatic carbocycles. The van der Waals surface area contributed by atoms with E-state index in [4.69, 9.17) is 18.6 Å². The van der Waals surface area contributed by atoms with Crippen molar-refractivity contribution in [1.82, 2.24) is 9.56 Å². The normalized spacial score (nSPS) is 13.2. The zero-order chi connectivity index (χ0) is 27.2. The molecule has 3 rings (SSSR count). The molecule has 202 valence electrons. The van der Waals surface area contributed by atoms with Crippen LogP contribution in [0.5, 0.6) is 0 Å². The lowest BCUT2D eigenvalue weighted by Crippen LogP contribution is -2.33. The summed E-state index contributed by atoms with van der Waals surface area (Å²) in [6.45, 7) is 3.28. The van der Waals surface area contributed by atoms with Crippen LogP contribution in [0.1, 0.15) is 26.2 Å². The fraction of sp³-hybridized carbons (Fsp3) is 0.435. The van der Waals surface area contributed by atoms with E-state index in [0.29, 0.717) is 41.0 Å². The summed E-state index contributed by atoms with van der Waals surface area (Å²) < 4.78 is 70.1. The molecule has 0 spiro atoms. The van der Waals surface area contributed by atoms with Crippen LogP contribution in [0.4, 0.5) is 5.69 Å². The Bertz CT molecular complexity index is 1520. The van der Waals surface area contributed by atoms with Gasteiger partial charge in [-0.25, -0.2) is 9.56 Å². The van der Waals surface area contributed by atoms with Crippen LogP contribution in [-0.4, -0.2) is 79.7 Å². The number of anilines is 1. The van der Waals surface area contributed by atoms with Gasteiger partial charge in [-0.3, -0.25) is 13.9 Å². The predicted molar refractivity (Wildman–Crippen MR) is 138 cm³/mol. The van der Waals surface area contributed by atoms with Crippen molar-refractivity contribution in [3.63, 3.8) is 0 Å². The molecule has 0 saturated carbocycles. The number of hydrogen-bond acceptors (Lipinski definition) is 8. The molecule has 1 heterocycles. The Morgan fingerprint density at radius 1 is 1.00 bits per heavy atom. The van der Waals surface area contributed by atoms with E-state index in [-0.39, 0.29) is 38.1 Å². The van der Waals surface area contributed by atoms with Crippen molar-refractivity contribution in [3.8, 4) is 11.5 Å². The molecule has 1 aliphatic carbocycles. The van der Waals surface area contributed by atoms with Crippen LogP contribution in [0.15, 0.2) is 40.8 Å². The Labute approximate surface area is 214 Å². The summed E-state index contributed by atoms with van der Waals surface area (Å²) in [5, 5.41) is 9.72. The van der Waals surface area contributed by atoms with E-state index in [0.717, 1.165) is 5.69 Å². The molecule has 0 atom stereocenters. The zero-order valence-corrected chi connectivity index (χ0v) is 21.9. The minimum atomic E-state index is -4.14. The Hall–Kier alpha value is -3.07. The molecule has 1 aromatic rings. The molecular weight excluding hydrogens is 526 g/mol. The average Bonchev–Trinajstić information content (AvgIpc) is 2.80. The molecule has 3 N–H and O–H groups in total. The number of nitrogens with zero attached hydrogens (tertiary/aromatic N) is 3. The fourth-order valence-electron chi connectivity index (χ4n) is 3.94. The van der Waals surface area contributed by atoms with Crippen LogP contribution < -0.4 is 14.8 Å². The Kier molecular flexibility index (Phi) is 9.23. The largest absolute Gasteiger partial charge is 0.481 e. The summed E-state index contributed by atoms with van der Waals surface area (Å²) in [6, 6.07) is 10.6. The van der Waals surface area contributed by atoms with Crippen LogP contribution >= 0.6 is 0 Å². The van der Waals surface area contributed by atoms with Gasteiger partial charge in [0.2, 0.25) is 5.36 Å². The van der Waals surface area contributed by atoms with Gasteiger partial charge >= 0.3 is 5.97 Å². The first-order valence-electron chi connectivity index (χ1n) is 11.6. The summed E-state index contributed by atoms with van der Waals surface area (Å²) in [4.78, 5) is 17.7. The highest BCUT2D eigenvalue weighted by Crippen LogP contribution is 2.27. The van der Waals surface area contributed by atoms with E-state index in [2.05, 4.69) is 4.98 Å². The Morgan fingerprint density at radius 3 is 2.35 bits per heavy atom. The van der Waals surface area contributed by atoms with Crippen LogP contribution in [0.2, 0.25) is 0 Å². The van der Waals surface area contributed by atoms with Gasteiger partial charge in [-0.1, -0.05) is 0 Å². The van der Waals surface area contributed by atoms with E-state index in [9.17, 15) is 21.6 Å². The molecular formula is C23H30N3O9S2+. The molecule has 0 bridgehead atoms. The first-order chi connectivity index (χ1) is 17.3. The van der Waals surface area contributed by atoms with Gasteiger partial charge in [0.15, 0.2) is 17.9 Å². The zero-order valence-electron chi connectivity index (χ0n) is 20.3. The van der Waals surface area contributed by atoms with Gasteiger partial charge in [0.1, 0.15) is 24.2 Å². The minimum Gasteiger partial charge on any atom is -0.481 e. The number of fused-ring (bicyclic) bond motifs is 2. The van der Waals surface area contributed by atoms with Crippen LogP contribution in [0.25, 0.3) is 22.6 Å². The van der Waals surface area contributed by atoms with Crippen LogP contribution in [0, 0.1) is 0 Å². The van der Waals surface area contributed by atoms with Crippen molar-refractivity contribution in [2.75, 3.05) is 42.6 Å². The lowest BCUT2D eigenvalue weighted by atomic mass is 10.2. The van der Waals surface area contributed by atoms with E-state index < -0.39 is 32.0 Å². The molecule has 0 amide bonds. The number of aromatic nitrogens is 1. The third-order valence-corrected chi connectivity index (χ3v) is 7.33. The molecule has 37 heavy (non-hydrogen) atoms. The van der Waals surface area contributed by atoms with Crippen molar-refractivity contribution in [3.05, 3.63) is 41.8 Å². The summed E-state index contributed by atoms with van der Waals surface area (Å²) in [5.41, 5.74) is 2.45. The maximum absolute atomic E-state index is 11.1. The second-order valence-corrected chi connectivity index (χ2v) is 11.7. The second kappa shape index (κ2) is 12.0. The molecule has 0 radical (unpaired) electrons. The Morgan fingerprint density at radius 2 is 1.70 bits per heavy atom. The molecule has 2 aliphatic rings. The third-order valence-electron chi connectivity index (χ3n) is 5.72. The summed E-state index contributed by atoms with van der Waals surface area (Å²) in [6.07, 6.45) is 0.202. The van der Waals surface area contributed by atoms with Crippen LogP contribution in [-0.2, 0) is 25.0 Å². The second-order valence-electron chi connectivity index (χ2n) is 8.51. The fourth-order valence-corrected chi connectivity index (χ4v) is 4.93. The molecule has 0 aromatic heterocycles. The predicted octanol–water partition coefficient (Wildman–Crippen LogP) is 1.56. The number of carbonyl (C=O) groups is 1. The van der Waals surface area contributed by atoms with E-state index in [1.165, 1.54) is 0 Å². The average molecular weight is 557 g/mol. The van der Waals surface area contributed by atoms with E-state index in [1.54, 1.807) is 34.9 Å². The highest BCUT2D eigenvalue weighted by atomic mass is 32.2. The smallest absolute Gasteiger partial charge is 0.309 e. The highest BCUT2D eigenvalue weighted by Gasteiger charge is 2.16. The van der Waals surface area contributed by atoms with Crippen LogP contribution in [0.3, 0.4) is 0 Å². The molecule has 14 heteroatoms. The topological polar surface area (TPSA) is 178 Å². The molecule has 1 aliphatic heterocycles. The Balaban J connectivity index is 1.97. The quantitative estimate of drug-likeness (QED) is 0.158. The molecule has 0 saturated heterocycles. The van der Waals surface area contributed by atoms with E-state index >= 15 is 0 Å². The number of hydrogen-bond donors (Lipinski definition) is 3. The van der Waals surface area contributed by atoms with Crippen molar-refractivity contribution in [1.29, 1.82) is 0 Å². The number of carboxylic acid groups (broad SMARTS) is 1. The SMILES string of the molecule is CCN(CCCS(=O)(=O)O)c1ccc2nc3ccc(=[N+](CCCS(=O)(=O)O)CCC(=O)O)cc-3oc2c1. The molecule has 0 fully saturated rings. The van der Waals surface area contributed by atoms with E-state index in [1.807, 2.05) is 17.9 Å². The minimum absolute atomic E-state index is 0.109. The maximum Gasteiger partial charge on any atom is 0.309 e. The lowest BCUT2D eigenvalue weighted by Gasteiger charge is -2.23. The van der Waals surface area contributed by atoms with Gasteiger partial charge < -0.3 is 14.4 Å². The monoisotopic (exact) mass is 556 g/mol. The van der Waals surface area contributed by atoms with Gasteiger partial charge in [0.05, 0.1) is 17.6 Å². The molecule has 12 nitrogen and oxygen atoms in total. The van der Waals surface area contributed by atoms with Gasteiger partial charge in [0.25, 0.3) is 20.2 Å². The van der Waals surface area contributed by atoms with Crippen molar-refractivity contribution < 1.29 is 40.3 Å². The number of carboxylic acids is 1. The van der Waals surface area contributed by atoms with Crippen molar-refractivity contribution >= 4 is 43.0 Å². The maximum atomic E-state index is 11.1. The van der Waals surface area contributed by atoms with Gasteiger partial charge in [-0.05, 0) is 31.5 Å². The third kappa shape index (κ3) is 8.77. The lowest BCUT2D eigenvalue weighted by molar-refractivity contribution is -0.136. The van der Waals surface area contributed by atoms with Crippen molar-refractivity contribution in [2.24, 2.45) is 0 Å². The van der Waals surface area contributed by atoms with Crippen molar-refractivity contribution in [2.45, 2.75) is 26.2 Å². The number of aliphatic carboxylic acids is 1. The van der Waals surface area contributed by atoms with Gasteiger partial charge in [-0.15, -0.1) is 0 Å². The number of rotatable bonds is 13. The highest BCUT2D eigenvalue weighted by molar-refractivity contribution is 7.86. The standard InChI is InChI=1S/C23H29N3O9S2/c1-2-25(10-3-13-36(29,30)31)17-5-7-19-21(15-17)35-22-16-18(6-8-20(22)24-19)26(12-9-23(27)28)11-4-14-37(32,33)34/h5-8,15-16H,2-4,9-14H2,1H3,(H2-,27,28,29,30,31,32,33,34)/p+1. The summed E-state index contributed by atoms with van der Waals surface area (Å²) >= 11 is 0. The van der Waals surface area contributed by atoms with Gasteiger partial charge in [0, 0.05) is 37.3 Å². The summed E-state index contributed by atoms with van der Waals surface area (Å²) in [5.74, 6) is -1.34. The number of benzene rings is 2. The first-order valence-corrected chi connectivity index (χ1v) is 14.9. The summed E-state index contributed by atoms with van der Waals surface area (Å²) in [7, 11) is -8.17. The molecule has 0 unspecified atom stereocenters. The van der Waals surface area contributed by atoms with Gasteiger partial charge in [-0.2, -0.15) is 16.8 Å². The first kappa shape index (κ1) is 28.5.